The van der Waals surface area contributed by atoms with Gasteiger partial charge in [0, 0.05) is 37.6 Å². The molecule has 7 heteroatoms. The molecule has 0 aliphatic carbocycles. The average molecular weight is 498 g/mol. The molecule has 0 radical (unpaired) electrons. The minimum absolute atomic E-state index is 0. The Morgan fingerprint density at radius 3 is 2.52 bits per heavy atom. The number of aliphatic imine (C=N–C) groups is 1. The van der Waals surface area contributed by atoms with Crippen molar-refractivity contribution in [1.29, 1.82) is 0 Å². The van der Waals surface area contributed by atoms with Gasteiger partial charge in [-0.15, -0.1) is 35.7 Å². The lowest BCUT2D eigenvalue weighted by atomic mass is 10.1. The molecular formula is C20H27IN4OS. The molecule has 0 saturated heterocycles. The number of thioether (sulfide) groups is 1. The number of nitrogens with one attached hydrogen (secondary N) is 3. The van der Waals surface area contributed by atoms with Gasteiger partial charge in [0.2, 0.25) is 5.91 Å². The average Bonchev–Trinajstić information content (AvgIpc) is 2.62. The van der Waals surface area contributed by atoms with Crippen LogP contribution >= 0.6 is 35.7 Å². The van der Waals surface area contributed by atoms with Crippen molar-refractivity contribution in [3.05, 3.63) is 59.2 Å². The van der Waals surface area contributed by atoms with E-state index in [4.69, 9.17) is 0 Å². The predicted octanol–water partition coefficient (Wildman–Crippen LogP) is 4.16. The van der Waals surface area contributed by atoms with Crippen molar-refractivity contribution in [2.24, 2.45) is 4.99 Å². The highest BCUT2D eigenvalue weighted by atomic mass is 127. The third-order valence-corrected chi connectivity index (χ3v) is 4.64. The number of carbonyl (C=O) groups excluding carboxylic acids is 1. The van der Waals surface area contributed by atoms with E-state index in [-0.39, 0.29) is 29.9 Å². The number of rotatable bonds is 6. The van der Waals surface area contributed by atoms with Crippen LogP contribution in [0.4, 0.5) is 5.69 Å². The van der Waals surface area contributed by atoms with Crippen LogP contribution in [0.3, 0.4) is 0 Å². The van der Waals surface area contributed by atoms with E-state index < -0.39 is 0 Å². The van der Waals surface area contributed by atoms with Gasteiger partial charge >= 0.3 is 0 Å². The van der Waals surface area contributed by atoms with E-state index in [2.05, 4.69) is 52.3 Å². The Morgan fingerprint density at radius 2 is 1.85 bits per heavy atom. The van der Waals surface area contributed by atoms with Gasteiger partial charge in [-0.2, -0.15) is 0 Å². The highest BCUT2D eigenvalue weighted by Crippen LogP contribution is 2.21. The van der Waals surface area contributed by atoms with Gasteiger partial charge in [0.15, 0.2) is 5.96 Å². The first-order chi connectivity index (χ1) is 12.5. The molecule has 0 spiro atoms. The van der Waals surface area contributed by atoms with E-state index >= 15 is 0 Å². The van der Waals surface area contributed by atoms with Gasteiger partial charge in [-0.1, -0.05) is 24.3 Å². The zero-order valence-electron chi connectivity index (χ0n) is 16.1. The third-order valence-electron chi connectivity index (χ3n) is 3.82. The second-order valence-electron chi connectivity index (χ2n) is 5.98. The van der Waals surface area contributed by atoms with Gasteiger partial charge in [-0.25, -0.2) is 0 Å². The fourth-order valence-corrected chi connectivity index (χ4v) is 3.25. The van der Waals surface area contributed by atoms with E-state index in [1.54, 1.807) is 18.8 Å². The van der Waals surface area contributed by atoms with Crippen molar-refractivity contribution < 1.29 is 4.79 Å². The Kier molecular flexibility index (Phi) is 10.2. The predicted molar refractivity (Wildman–Crippen MR) is 126 cm³/mol. The first kappa shape index (κ1) is 23.3. The van der Waals surface area contributed by atoms with Crippen molar-refractivity contribution in [2.45, 2.75) is 31.8 Å². The Hall–Kier alpha value is -1.74. The number of amides is 1. The van der Waals surface area contributed by atoms with Gasteiger partial charge in [-0.05, 0) is 48.1 Å². The molecule has 0 aliphatic rings. The van der Waals surface area contributed by atoms with E-state index in [0.29, 0.717) is 13.1 Å². The molecule has 0 heterocycles. The summed E-state index contributed by atoms with van der Waals surface area (Å²) in [6, 6.07) is 14.2. The number of aryl methyl sites for hydroxylation is 1. The van der Waals surface area contributed by atoms with Crippen LogP contribution in [-0.4, -0.2) is 25.2 Å². The lowest BCUT2D eigenvalue weighted by Crippen LogP contribution is -2.36. The monoisotopic (exact) mass is 498 g/mol. The van der Waals surface area contributed by atoms with Crippen LogP contribution in [0.15, 0.2) is 52.4 Å². The second kappa shape index (κ2) is 11.9. The van der Waals surface area contributed by atoms with Gasteiger partial charge in [-0.3, -0.25) is 9.79 Å². The maximum atomic E-state index is 11.2. The first-order valence-corrected chi connectivity index (χ1v) is 9.69. The molecular weight excluding hydrogens is 471 g/mol. The van der Waals surface area contributed by atoms with Crippen molar-refractivity contribution in [3.8, 4) is 0 Å². The summed E-state index contributed by atoms with van der Waals surface area (Å²) in [5, 5.41) is 9.45. The van der Waals surface area contributed by atoms with Crippen LogP contribution in [-0.2, 0) is 17.9 Å². The summed E-state index contributed by atoms with van der Waals surface area (Å²) >= 11 is 1.75. The molecule has 0 aromatic heterocycles. The minimum Gasteiger partial charge on any atom is -0.352 e. The molecule has 2 aromatic carbocycles. The lowest BCUT2D eigenvalue weighted by molar-refractivity contribution is -0.114. The summed E-state index contributed by atoms with van der Waals surface area (Å²) in [7, 11) is 1.76. The van der Waals surface area contributed by atoms with Crippen LogP contribution < -0.4 is 16.0 Å². The smallest absolute Gasteiger partial charge is 0.221 e. The Morgan fingerprint density at radius 1 is 1.11 bits per heavy atom. The summed E-state index contributed by atoms with van der Waals surface area (Å²) in [6.07, 6.45) is 2.09. The molecule has 0 atom stereocenters. The normalized spacial score (nSPS) is 10.7. The van der Waals surface area contributed by atoms with E-state index in [0.717, 1.165) is 17.2 Å². The molecule has 5 nitrogen and oxygen atoms in total. The Labute approximate surface area is 182 Å². The molecule has 0 fully saturated rings. The van der Waals surface area contributed by atoms with Gasteiger partial charge in [0.1, 0.15) is 0 Å². The van der Waals surface area contributed by atoms with Crippen molar-refractivity contribution in [2.75, 3.05) is 18.6 Å². The van der Waals surface area contributed by atoms with Crippen LogP contribution in [0.5, 0.6) is 0 Å². The zero-order chi connectivity index (χ0) is 18.9. The first-order valence-electron chi connectivity index (χ1n) is 8.46. The van der Waals surface area contributed by atoms with Crippen LogP contribution in [0.2, 0.25) is 0 Å². The SMILES string of the molecule is CN=C(NCc1cccc(NC(C)=O)c1)NCc1ccc(C)cc1SC.I. The fourth-order valence-electron chi connectivity index (χ4n) is 2.55. The molecule has 0 aliphatic heterocycles. The highest BCUT2D eigenvalue weighted by molar-refractivity contribution is 14.0. The summed E-state index contributed by atoms with van der Waals surface area (Å²) in [5.41, 5.74) is 4.38. The largest absolute Gasteiger partial charge is 0.352 e. The quantitative estimate of drug-likeness (QED) is 0.242. The standard InChI is InChI=1S/C20H26N4OS.HI/c1-14-8-9-17(19(10-14)26-4)13-23-20(21-3)22-12-16-6-5-7-18(11-16)24-15(2)25;/h5-11H,12-13H2,1-4H3,(H,24,25)(H2,21,22,23);1H. The number of halogens is 1. The number of hydrogen-bond donors (Lipinski definition) is 3. The molecule has 1 amide bonds. The summed E-state index contributed by atoms with van der Waals surface area (Å²) in [5.74, 6) is 0.665. The number of guanidine groups is 1. The number of carbonyl (C=O) groups is 1. The maximum Gasteiger partial charge on any atom is 0.221 e. The molecule has 146 valence electrons. The molecule has 27 heavy (non-hydrogen) atoms. The number of benzene rings is 2. The van der Waals surface area contributed by atoms with E-state index in [1.807, 2.05) is 24.3 Å². The lowest BCUT2D eigenvalue weighted by Gasteiger charge is -2.14. The van der Waals surface area contributed by atoms with Crippen molar-refractivity contribution in [3.63, 3.8) is 0 Å². The molecule has 0 unspecified atom stereocenters. The van der Waals surface area contributed by atoms with Crippen LogP contribution in [0, 0.1) is 6.92 Å². The molecule has 2 rings (SSSR count). The second-order valence-corrected chi connectivity index (χ2v) is 6.82. The highest BCUT2D eigenvalue weighted by Gasteiger charge is 2.04. The molecule has 0 bridgehead atoms. The van der Waals surface area contributed by atoms with Crippen LogP contribution in [0.1, 0.15) is 23.6 Å². The zero-order valence-corrected chi connectivity index (χ0v) is 19.3. The number of hydrogen-bond acceptors (Lipinski definition) is 3. The maximum absolute atomic E-state index is 11.2. The summed E-state index contributed by atoms with van der Waals surface area (Å²) in [4.78, 5) is 16.7. The van der Waals surface area contributed by atoms with Gasteiger partial charge < -0.3 is 16.0 Å². The van der Waals surface area contributed by atoms with E-state index in [1.165, 1.54) is 22.9 Å². The summed E-state index contributed by atoms with van der Waals surface area (Å²) < 4.78 is 0. The molecule has 2 aromatic rings. The van der Waals surface area contributed by atoms with Crippen LogP contribution in [0.25, 0.3) is 0 Å². The number of nitrogens with zero attached hydrogens (tertiary/aromatic N) is 1. The number of anilines is 1. The fraction of sp³-hybridized carbons (Fsp3) is 0.300. The third kappa shape index (κ3) is 7.80. The van der Waals surface area contributed by atoms with Gasteiger partial charge in [0.25, 0.3) is 0 Å². The van der Waals surface area contributed by atoms with E-state index in [9.17, 15) is 4.79 Å². The topological polar surface area (TPSA) is 65.5 Å². The van der Waals surface area contributed by atoms with Crippen molar-refractivity contribution in [1.82, 2.24) is 10.6 Å². The van der Waals surface area contributed by atoms with Crippen molar-refractivity contribution >= 4 is 53.3 Å². The minimum atomic E-state index is -0.0738. The van der Waals surface area contributed by atoms with Gasteiger partial charge in [0.05, 0.1) is 0 Å². The molecule has 3 N–H and O–H groups in total. The Balaban J connectivity index is 0.00000364. The molecule has 0 saturated carbocycles. The summed E-state index contributed by atoms with van der Waals surface area (Å²) in [6.45, 7) is 4.94. The Bertz CT molecular complexity index is 795.